The molecule has 1 amide bonds. The molecule has 0 unspecified atom stereocenters. The van der Waals surface area contributed by atoms with Crippen LogP contribution < -0.4 is 4.90 Å². The van der Waals surface area contributed by atoms with Gasteiger partial charge in [-0.15, -0.1) is 0 Å². The number of nitrogens with zero attached hydrogens (tertiary/aromatic N) is 1. The Hall–Kier alpha value is -0.840. The average molecular weight is 228 g/mol. The van der Waals surface area contributed by atoms with Gasteiger partial charge in [0.2, 0.25) is 5.91 Å². The molecule has 0 aromatic heterocycles. The molecule has 1 aromatic rings. The van der Waals surface area contributed by atoms with Gasteiger partial charge in [0, 0.05) is 48.6 Å². The number of carbonyl (C=O) groups is 2. The van der Waals surface area contributed by atoms with Crippen molar-refractivity contribution in [1.82, 2.24) is 0 Å². The standard InChI is InChI=1S/C11H11NO3.Na/c1-7(13)12-9-5-3-2-4-8(9)6-10(12)11(14)15;/h2-5,10H,6H2,1H3,(H,14,15);/t10-;/m1./s1. The molecule has 0 aliphatic carbocycles. The first-order chi connectivity index (χ1) is 7.11. The molecular weight excluding hydrogens is 217 g/mol. The summed E-state index contributed by atoms with van der Waals surface area (Å²) in [6, 6.07) is 6.54. The Labute approximate surface area is 116 Å². The topological polar surface area (TPSA) is 57.6 Å². The van der Waals surface area contributed by atoms with E-state index in [4.69, 9.17) is 5.11 Å². The van der Waals surface area contributed by atoms with Crippen molar-refractivity contribution in [3.8, 4) is 0 Å². The van der Waals surface area contributed by atoms with E-state index < -0.39 is 12.0 Å². The number of benzene rings is 1. The first kappa shape index (κ1) is 13.2. The predicted octanol–water partition coefficient (Wildman–Crippen LogP) is 0.668. The summed E-state index contributed by atoms with van der Waals surface area (Å²) in [7, 11) is 0. The minimum atomic E-state index is -0.957. The second-order valence-corrected chi connectivity index (χ2v) is 3.58. The molecule has 1 atom stereocenters. The fraction of sp³-hybridized carbons (Fsp3) is 0.273. The molecule has 1 aliphatic heterocycles. The predicted molar refractivity (Wildman–Crippen MR) is 60.5 cm³/mol. The van der Waals surface area contributed by atoms with Gasteiger partial charge < -0.3 is 5.11 Å². The second kappa shape index (κ2) is 4.99. The van der Waals surface area contributed by atoms with Crippen molar-refractivity contribution in [3.63, 3.8) is 0 Å². The monoisotopic (exact) mass is 228 g/mol. The molecule has 0 saturated carbocycles. The van der Waals surface area contributed by atoms with Gasteiger partial charge in [0.25, 0.3) is 0 Å². The number of carboxylic acid groups (broad SMARTS) is 1. The molecule has 0 bridgehead atoms. The first-order valence-electron chi connectivity index (χ1n) is 4.72. The zero-order chi connectivity index (χ0) is 11.0. The fourth-order valence-corrected chi connectivity index (χ4v) is 1.97. The Bertz CT molecular complexity index is 433. The molecule has 0 saturated heterocycles. The molecular formula is C11H11NNaO3. The average Bonchev–Trinajstić information content (AvgIpc) is 2.56. The zero-order valence-electron chi connectivity index (χ0n) is 9.30. The third-order valence-electron chi connectivity index (χ3n) is 2.60. The molecule has 79 valence electrons. The van der Waals surface area contributed by atoms with Crippen LogP contribution >= 0.6 is 0 Å². The van der Waals surface area contributed by atoms with Gasteiger partial charge in [-0.1, -0.05) is 18.2 Å². The van der Waals surface area contributed by atoms with Gasteiger partial charge in [0.05, 0.1) is 0 Å². The molecule has 5 heteroatoms. The van der Waals surface area contributed by atoms with E-state index in [1.54, 1.807) is 12.1 Å². The van der Waals surface area contributed by atoms with Crippen LogP contribution in [0.2, 0.25) is 0 Å². The molecule has 1 heterocycles. The molecule has 1 radical (unpaired) electrons. The molecule has 1 aromatic carbocycles. The van der Waals surface area contributed by atoms with Crippen LogP contribution in [0, 0.1) is 0 Å². The fourth-order valence-electron chi connectivity index (χ4n) is 1.97. The van der Waals surface area contributed by atoms with Crippen LogP contribution in [-0.2, 0) is 16.0 Å². The van der Waals surface area contributed by atoms with Crippen LogP contribution in [0.1, 0.15) is 12.5 Å². The number of carbonyl (C=O) groups excluding carboxylic acids is 1. The maximum atomic E-state index is 11.4. The summed E-state index contributed by atoms with van der Waals surface area (Å²) in [5, 5.41) is 9.01. The Morgan fingerprint density at radius 3 is 2.56 bits per heavy atom. The number of amides is 1. The van der Waals surface area contributed by atoms with Crippen molar-refractivity contribution in [1.29, 1.82) is 0 Å². The second-order valence-electron chi connectivity index (χ2n) is 3.58. The van der Waals surface area contributed by atoms with Crippen LogP contribution in [0.15, 0.2) is 24.3 Å². The Morgan fingerprint density at radius 2 is 2.00 bits per heavy atom. The van der Waals surface area contributed by atoms with Crippen molar-refractivity contribution in [2.45, 2.75) is 19.4 Å². The van der Waals surface area contributed by atoms with Crippen molar-refractivity contribution < 1.29 is 14.7 Å². The summed E-state index contributed by atoms with van der Waals surface area (Å²) in [6.07, 6.45) is 0.394. The smallest absolute Gasteiger partial charge is 0.327 e. The number of fused-ring (bicyclic) bond motifs is 1. The van der Waals surface area contributed by atoms with Gasteiger partial charge in [0.1, 0.15) is 6.04 Å². The van der Waals surface area contributed by atoms with E-state index in [2.05, 4.69) is 0 Å². The number of aliphatic carboxylic acids is 1. The molecule has 1 aliphatic rings. The quantitative estimate of drug-likeness (QED) is 0.719. The van der Waals surface area contributed by atoms with E-state index in [1.807, 2.05) is 12.1 Å². The van der Waals surface area contributed by atoms with Gasteiger partial charge in [-0.2, -0.15) is 0 Å². The van der Waals surface area contributed by atoms with Crippen molar-refractivity contribution >= 4 is 47.1 Å². The molecule has 16 heavy (non-hydrogen) atoms. The van der Waals surface area contributed by atoms with E-state index in [-0.39, 0.29) is 35.5 Å². The number of hydrogen-bond donors (Lipinski definition) is 1. The third kappa shape index (κ3) is 2.14. The van der Waals surface area contributed by atoms with Crippen molar-refractivity contribution in [2.75, 3.05) is 4.90 Å². The maximum Gasteiger partial charge on any atom is 0.327 e. The van der Waals surface area contributed by atoms with Crippen LogP contribution in [0.3, 0.4) is 0 Å². The zero-order valence-corrected chi connectivity index (χ0v) is 11.3. The number of hydrogen-bond acceptors (Lipinski definition) is 2. The Kier molecular flexibility index (Phi) is 4.13. The summed E-state index contributed by atoms with van der Waals surface area (Å²) in [4.78, 5) is 23.7. The summed E-state index contributed by atoms with van der Waals surface area (Å²) >= 11 is 0. The van der Waals surface area contributed by atoms with Crippen molar-refractivity contribution in [3.05, 3.63) is 29.8 Å². The summed E-state index contributed by atoms with van der Waals surface area (Å²) in [5.74, 6) is -1.19. The van der Waals surface area contributed by atoms with E-state index in [1.165, 1.54) is 11.8 Å². The van der Waals surface area contributed by atoms with E-state index in [0.717, 1.165) is 11.3 Å². The van der Waals surface area contributed by atoms with Crippen molar-refractivity contribution in [2.24, 2.45) is 0 Å². The minimum Gasteiger partial charge on any atom is -0.480 e. The van der Waals surface area contributed by atoms with Crippen LogP contribution in [0.25, 0.3) is 0 Å². The molecule has 0 spiro atoms. The van der Waals surface area contributed by atoms with E-state index in [0.29, 0.717) is 6.42 Å². The van der Waals surface area contributed by atoms with Crippen LogP contribution in [0.4, 0.5) is 5.69 Å². The van der Waals surface area contributed by atoms with Gasteiger partial charge in [0.15, 0.2) is 0 Å². The normalized spacial score (nSPS) is 17.6. The maximum absolute atomic E-state index is 11.4. The third-order valence-corrected chi connectivity index (χ3v) is 2.60. The largest absolute Gasteiger partial charge is 0.480 e. The van der Waals surface area contributed by atoms with E-state index in [9.17, 15) is 9.59 Å². The molecule has 1 N–H and O–H groups in total. The van der Waals surface area contributed by atoms with Gasteiger partial charge in [-0.25, -0.2) is 4.79 Å². The number of rotatable bonds is 1. The summed E-state index contributed by atoms with van der Waals surface area (Å²) in [5.41, 5.74) is 1.64. The first-order valence-corrected chi connectivity index (χ1v) is 4.72. The summed E-state index contributed by atoms with van der Waals surface area (Å²) < 4.78 is 0. The van der Waals surface area contributed by atoms with E-state index >= 15 is 0 Å². The number of para-hydroxylation sites is 1. The van der Waals surface area contributed by atoms with Gasteiger partial charge >= 0.3 is 5.97 Å². The van der Waals surface area contributed by atoms with Crippen LogP contribution in [-0.4, -0.2) is 52.6 Å². The minimum absolute atomic E-state index is 0. The van der Waals surface area contributed by atoms with Gasteiger partial charge in [-0.3, -0.25) is 9.69 Å². The van der Waals surface area contributed by atoms with Crippen LogP contribution in [0.5, 0.6) is 0 Å². The summed E-state index contributed by atoms with van der Waals surface area (Å²) in [6.45, 7) is 1.39. The SMILES string of the molecule is CC(=O)N1c2ccccc2C[C@@H]1C(=O)O.[Na]. The molecule has 2 rings (SSSR count). The Balaban J connectivity index is 0.00000128. The number of anilines is 1. The molecule has 4 nitrogen and oxygen atoms in total. The number of carboxylic acids is 1. The molecule has 0 fully saturated rings. The Morgan fingerprint density at radius 1 is 1.38 bits per heavy atom. The van der Waals surface area contributed by atoms with Gasteiger partial charge in [-0.05, 0) is 11.6 Å².